The van der Waals surface area contributed by atoms with Crippen LogP contribution in [0.5, 0.6) is 0 Å². The van der Waals surface area contributed by atoms with Gasteiger partial charge in [-0.25, -0.2) is 0 Å². The maximum absolute atomic E-state index is 12.9. The topological polar surface area (TPSA) is 20.3 Å². The molecule has 3 heterocycles. The van der Waals surface area contributed by atoms with Crippen molar-refractivity contribution in [3.8, 4) is 10.4 Å². The van der Waals surface area contributed by atoms with Gasteiger partial charge in [-0.3, -0.25) is 4.79 Å². The molecule has 0 spiro atoms. The summed E-state index contributed by atoms with van der Waals surface area (Å²) in [5.74, 6) is 0.108. The Morgan fingerprint density at radius 2 is 1.90 bits per heavy atom. The number of amides is 1. The molecule has 1 aliphatic heterocycles. The van der Waals surface area contributed by atoms with Crippen LogP contribution in [-0.2, 0) is 6.54 Å². The van der Waals surface area contributed by atoms with Gasteiger partial charge in [0.1, 0.15) is 0 Å². The van der Waals surface area contributed by atoms with E-state index in [0.29, 0.717) is 6.54 Å². The highest BCUT2D eigenvalue weighted by Gasteiger charge is 2.28. The second-order valence-electron chi connectivity index (χ2n) is 5.12. The van der Waals surface area contributed by atoms with Gasteiger partial charge in [-0.05, 0) is 46.5 Å². The number of carbonyl (C=O) groups is 1. The number of anilines is 1. The third-order valence-electron chi connectivity index (χ3n) is 3.83. The average Bonchev–Trinajstić information content (AvgIpc) is 3.14. The highest BCUT2D eigenvalue weighted by Crippen LogP contribution is 2.43. The van der Waals surface area contributed by atoms with Crippen LogP contribution in [0.4, 0.5) is 5.69 Å². The van der Waals surface area contributed by atoms with Crippen LogP contribution in [0.3, 0.4) is 0 Å². The van der Waals surface area contributed by atoms with Crippen molar-refractivity contribution in [1.29, 1.82) is 0 Å². The smallest absolute Gasteiger partial charge is 0.268 e. The summed E-state index contributed by atoms with van der Waals surface area (Å²) in [5.41, 5.74) is 4.57. The number of benzene rings is 1. The molecule has 4 rings (SSSR count). The predicted octanol–water partition coefficient (Wildman–Crippen LogP) is 4.95. The Kier molecular flexibility index (Phi) is 2.94. The van der Waals surface area contributed by atoms with Crippen molar-refractivity contribution >= 4 is 34.3 Å². The first-order valence-corrected chi connectivity index (χ1v) is 8.53. The number of hydrogen-bond acceptors (Lipinski definition) is 3. The van der Waals surface area contributed by atoms with Crippen LogP contribution < -0.4 is 4.90 Å². The molecule has 0 N–H and O–H groups in total. The fourth-order valence-corrected chi connectivity index (χ4v) is 4.58. The molecule has 0 radical (unpaired) electrons. The monoisotopic (exact) mass is 311 g/mol. The summed E-state index contributed by atoms with van der Waals surface area (Å²) in [7, 11) is 0. The highest BCUT2D eigenvalue weighted by molar-refractivity contribution is 7.14. The number of rotatable bonds is 1. The van der Waals surface area contributed by atoms with Crippen LogP contribution in [0.25, 0.3) is 10.4 Å². The Hall–Kier alpha value is -1.91. The molecule has 1 amide bonds. The second-order valence-corrected chi connectivity index (χ2v) is 6.95. The molecule has 1 aromatic carbocycles. The van der Waals surface area contributed by atoms with Crippen LogP contribution in [0, 0.1) is 6.92 Å². The molecule has 1 aliphatic rings. The molecule has 4 heteroatoms. The lowest BCUT2D eigenvalue weighted by atomic mass is 10.00. The van der Waals surface area contributed by atoms with Crippen molar-refractivity contribution in [2.24, 2.45) is 0 Å². The SMILES string of the molecule is Cc1ccsc1C(=O)N1Cc2ccccc2-c2sccc21. The van der Waals surface area contributed by atoms with E-state index in [0.717, 1.165) is 16.1 Å². The van der Waals surface area contributed by atoms with E-state index >= 15 is 0 Å². The van der Waals surface area contributed by atoms with Gasteiger partial charge in [0.05, 0.1) is 22.0 Å². The summed E-state index contributed by atoms with van der Waals surface area (Å²) in [6.45, 7) is 2.65. The largest absolute Gasteiger partial charge is 0.302 e. The van der Waals surface area contributed by atoms with Crippen molar-refractivity contribution in [3.05, 3.63) is 63.2 Å². The van der Waals surface area contributed by atoms with E-state index in [9.17, 15) is 4.79 Å². The lowest BCUT2D eigenvalue weighted by Crippen LogP contribution is -2.32. The number of nitrogens with zero attached hydrogens (tertiary/aromatic N) is 1. The number of fused-ring (bicyclic) bond motifs is 3. The minimum atomic E-state index is 0.108. The number of aryl methyl sites for hydroxylation is 1. The maximum Gasteiger partial charge on any atom is 0.268 e. The van der Waals surface area contributed by atoms with E-state index in [1.165, 1.54) is 27.3 Å². The van der Waals surface area contributed by atoms with Gasteiger partial charge in [0.15, 0.2) is 0 Å². The van der Waals surface area contributed by atoms with Gasteiger partial charge in [-0.15, -0.1) is 22.7 Å². The standard InChI is InChI=1S/C17H13NOS2/c1-11-6-8-20-15(11)17(19)18-10-12-4-2-3-5-13(12)16-14(18)7-9-21-16/h2-9H,10H2,1H3. The van der Waals surface area contributed by atoms with Crippen molar-refractivity contribution in [3.63, 3.8) is 0 Å². The Balaban J connectivity index is 1.83. The van der Waals surface area contributed by atoms with Crippen molar-refractivity contribution in [2.45, 2.75) is 13.5 Å². The Morgan fingerprint density at radius 1 is 1.10 bits per heavy atom. The van der Waals surface area contributed by atoms with Crippen LogP contribution in [-0.4, -0.2) is 5.91 Å². The molecule has 0 saturated heterocycles. The van der Waals surface area contributed by atoms with E-state index in [2.05, 4.69) is 29.6 Å². The summed E-state index contributed by atoms with van der Waals surface area (Å²) < 4.78 is 0. The Labute approximate surface area is 131 Å². The fourth-order valence-electron chi connectivity index (χ4n) is 2.75. The molecular formula is C17H13NOS2. The lowest BCUT2D eigenvalue weighted by Gasteiger charge is -2.28. The molecule has 21 heavy (non-hydrogen) atoms. The van der Waals surface area contributed by atoms with Gasteiger partial charge in [-0.2, -0.15) is 0 Å². The molecule has 2 nitrogen and oxygen atoms in total. The van der Waals surface area contributed by atoms with Crippen molar-refractivity contribution < 1.29 is 4.79 Å². The van der Waals surface area contributed by atoms with Crippen LogP contribution in [0.15, 0.2) is 47.2 Å². The minimum Gasteiger partial charge on any atom is -0.302 e. The predicted molar refractivity (Wildman–Crippen MR) is 89.3 cm³/mol. The Morgan fingerprint density at radius 3 is 2.71 bits per heavy atom. The van der Waals surface area contributed by atoms with Gasteiger partial charge in [-0.1, -0.05) is 24.3 Å². The molecule has 0 saturated carbocycles. The zero-order valence-electron chi connectivity index (χ0n) is 11.5. The van der Waals surface area contributed by atoms with Crippen molar-refractivity contribution in [2.75, 3.05) is 4.90 Å². The number of carbonyl (C=O) groups excluding carboxylic acids is 1. The van der Waals surface area contributed by atoms with Crippen molar-refractivity contribution in [1.82, 2.24) is 0 Å². The molecular weight excluding hydrogens is 298 g/mol. The fraction of sp³-hybridized carbons (Fsp3) is 0.118. The van der Waals surface area contributed by atoms with Crippen LogP contribution >= 0.6 is 22.7 Å². The second kappa shape index (κ2) is 4.83. The zero-order chi connectivity index (χ0) is 14.4. The average molecular weight is 311 g/mol. The van der Waals surface area contributed by atoms with E-state index in [-0.39, 0.29) is 5.91 Å². The molecule has 0 atom stereocenters. The molecule has 104 valence electrons. The normalized spacial score (nSPS) is 12.9. The molecule has 0 fully saturated rings. The van der Waals surface area contributed by atoms with Crippen LogP contribution in [0.2, 0.25) is 0 Å². The summed E-state index contributed by atoms with van der Waals surface area (Å²) in [5, 5.41) is 4.04. The van der Waals surface area contributed by atoms with Gasteiger partial charge < -0.3 is 4.90 Å². The highest BCUT2D eigenvalue weighted by atomic mass is 32.1. The number of hydrogen-bond donors (Lipinski definition) is 0. The first kappa shape index (κ1) is 12.8. The maximum atomic E-state index is 12.9. The van der Waals surface area contributed by atoms with E-state index in [4.69, 9.17) is 0 Å². The first-order valence-electron chi connectivity index (χ1n) is 6.77. The third-order valence-corrected chi connectivity index (χ3v) is 5.77. The molecule has 2 aromatic heterocycles. The van der Waals surface area contributed by atoms with Gasteiger partial charge >= 0.3 is 0 Å². The molecule has 3 aromatic rings. The molecule has 0 unspecified atom stereocenters. The quantitative estimate of drug-likeness (QED) is 0.623. The van der Waals surface area contributed by atoms with Crippen LogP contribution in [0.1, 0.15) is 20.8 Å². The van der Waals surface area contributed by atoms with Gasteiger partial charge in [0.25, 0.3) is 5.91 Å². The van der Waals surface area contributed by atoms with Gasteiger partial charge in [0.2, 0.25) is 0 Å². The number of thiophene rings is 2. The Bertz CT molecular complexity index is 831. The lowest BCUT2D eigenvalue weighted by molar-refractivity contribution is 0.0988. The summed E-state index contributed by atoms with van der Waals surface area (Å²) in [6.07, 6.45) is 0. The minimum absolute atomic E-state index is 0.108. The van der Waals surface area contributed by atoms with E-state index in [1.54, 1.807) is 11.3 Å². The molecule has 0 aliphatic carbocycles. The summed E-state index contributed by atoms with van der Waals surface area (Å²) >= 11 is 3.22. The third kappa shape index (κ3) is 1.94. The van der Waals surface area contributed by atoms with E-state index in [1.807, 2.05) is 29.3 Å². The first-order chi connectivity index (χ1) is 10.3. The zero-order valence-corrected chi connectivity index (χ0v) is 13.1. The summed E-state index contributed by atoms with van der Waals surface area (Å²) in [6, 6.07) is 12.4. The molecule has 0 bridgehead atoms. The summed E-state index contributed by atoms with van der Waals surface area (Å²) in [4.78, 5) is 16.8. The van der Waals surface area contributed by atoms with Gasteiger partial charge in [0, 0.05) is 0 Å². The van der Waals surface area contributed by atoms with E-state index < -0.39 is 0 Å².